The summed E-state index contributed by atoms with van der Waals surface area (Å²) in [5, 5.41) is 14.9. The van der Waals surface area contributed by atoms with Gasteiger partial charge in [0.1, 0.15) is 43.0 Å². The lowest BCUT2D eigenvalue weighted by atomic mass is 9.96. The van der Waals surface area contributed by atoms with Gasteiger partial charge in [-0.15, -0.1) is 5.54 Å². The first-order chi connectivity index (χ1) is 20.7. The molecule has 4 atom stereocenters. The molecule has 0 radical (unpaired) electrons. The van der Waals surface area contributed by atoms with Gasteiger partial charge in [-0.1, -0.05) is 95.7 Å². The number of halogens is 5. The zero-order chi connectivity index (χ0) is 31.8. The number of nitrogens with zero attached hydrogens (tertiary/aromatic N) is 3. The van der Waals surface area contributed by atoms with Gasteiger partial charge < -0.3 is 23.9 Å². The zero-order valence-electron chi connectivity index (χ0n) is 24.4. The van der Waals surface area contributed by atoms with Gasteiger partial charge in [0.15, 0.2) is 6.23 Å². The Kier molecular flexibility index (Phi) is 10.2. The van der Waals surface area contributed by atoms with E-state index < -0.39 is 32.1 Å². The number of aliphatic hydroxyl groups is 1. The molecule has 4 aromatic rings. The molecule has 2 aromatic heterocycles. The molecule has 13 heteroatoms. The van der Waals surface area contributed by atoms with E-state index in [0.717, 1.165) is 5.56 Å². The summed E-state index contributed by atoms with van der Waals surface area (Å²) in [5.41, 5.74) is 4.40. The van der Waals surface area contributed by atoms with E-state index in [-0.39, 0.29) is 25.0 Å². The molecule has 0 bridgehead atoms. The summed E-state index contributed by atoms with van der Waals surface area (Å²) in [7, 11) is -1.73. The number of hydrogen-bond donors (Lipinski definition) is 1. The lowest BCUT2D eigenvalue weighted by Gasteiger charge is -2.30. The highest BCUT2D eigenvalue weighted by molar-refractivity contribution is 6.83. The van der Waals surface area contributed by atoms with Crippen LogP contribution in [-0.4, -0.2) is 52.1 Å². The van der Waals surface area contributed by atoms with E-state index in [1.54, 1.807) is 54.1 Å². The van der Waals surface area contributed by atoms with Crippen molar-refractivity contribution < 1.29 is 19.3 Å². The van der Waals surface area contributed by atoms with Crippen molar-refractivity contribution in [1.29, 1.82) is 0 Å². The number of aromatic nitrogens is 3. The van der Waals surface area contributed by atoms with Gasteiger partial charge in [-0.3, -0.25) is 0 Å². The summed E-state index contributed by atoms with van der Waals surface area (Å²) < 4.78 is 20.7. The third-order valence-electron chi connectivity index (χ3n) is 7.09. The van der Waals surface area contributed by atoms with Crippen molar-refractivity contribution in [1.82, 2.24) is 14.5 Å². The van der Waals surface area contributed by atoms with E-state index in [2.05, 4.69) is 41.1 Å². The molecule has 0 spiro atoms. The van der Waals surface area contributed by atoms with Crippen LogP contribution in [0.25, 0.3) is 11.0 Å². The van der Waals surface area contributed by atoms with Gasteiger partial charge in [-0.25, -0.2) is 9.97 Å². The molecule has 0 unspecified atom stereocenters. The summed E-state index contributed by atoms with van der Waals surface area (Å²) in [6.45, 7) is 8.49. The quantitative estimate of drug-likeness (QED) is 0.112. The van der Waals surface area contributed by atoms with Gasteiger partial charge in [0.05, 0.1) is 30.8 Å². The fourth-order valence-electron chi connectivity index (χ4n) is 4.96. The lowest BCUT2D eigenvalue weighted by Crippen LogP contribution is -2.46. The van der Waals surface area contributed by atoms with E-state index in [4.69, 9.17) is 72.2 Å². The van der Waals surface area contributed by atoms with Crippen LogP contribution in [0.15, 0.2) is 48.9 Å². The van der Waals surface area contributed by atoms with Gasteiger partial charge in [0, 0.05) is 26.3 Å². The van der Waals surface area contributed by atoms with Crippen molar-refractivity contribution in [2.75, 3.05) is 6.61 Å². The Bertz CT molecular complexity index is 1750. The van der Waals surface area contributed by atoms with E-state index in [0.29, 0.717) is 42.3 Å². The molecule has 232 valence electrons. The molecule has 44 heavy (non-hydrogen) atoms. The van der Waals surface area contributed by atoms with Crippen LogP contribution < -0.4 is 0 Å². The molecule has 0 amide bonds. The smallest absolute Gasteiger partial charge is 0.167 e. The Morgan fingerprint density at radius 3 is 2.23 bits per heavy atom. The van der Waals surface area contributed by atoms with Crippen LogP contribution in [0.1, 0.15) is 29.8 Å². The molecule has 1 aliphatic rings. The topological polar surface area (TPSA) is 78.6 Å². The molecular formula is C31H30Cl5N3O4Si. The largest absolute Gasteiger partial charge is 0.383 e. The standard InChI is InChI=1S/C31H30Cl5N3O4Si/c1-31(40)27(42-15-20-6-8-22(33)12-24(20)35)25(16-41-14-19-5-7-21(32)11-23(19)34)43-30(31)39-13-18(9-10-44(2,3)4)26-28(36)37-17-38-29(26)39/h5-8,11-13,17,25,27,30,40H,14-16H2,1-4H3/t25-,27-,30-,31-/m1/s1. The molecule has 3 heterocycles. The Hall–Kier alpha value is -1.87. The molecule has 1 saturated heterocycles. The minimum Gasteiger partial charge on any atom is -0.383 e. The van der Waals surface area contributed by atoms with Gasteiger partial charge in [-0.05, 0) is 42.3 Å². The molecule has 0 aliphatic carbocycles. The molecule has 1 N–H and O–H groups in total. The monoisotopic (exact) mass is 711 g/mol. The van der Waals surface area contributed by atoms with Crippen LogP contribution >= 0.6 is 58.0 Å². The number of fused-ring (bicyclic) bond motifs is 1. The highest BCUT2D eigenvalue weighted by Gasteiger charge is 2.55. The van der Waals surface area contributed by atoms with Crippen molar-refractivity contribution in [3.05, 3.63) is 90.9 Å². The second-order valence-electron chi connectivity index (χ2n) is 11.8. The lowest BCUT2D eigenvalue weighted by molar-refractivity contribution is -0.114. The Balaban J connectivity index is 1.48. The summed E-state index contributed by atoms with van der Waals surface area (Å²) in [4.78, 5) is 8.67. The van der Waals surface area contributed by atoms with Crippen molar-refractivity contribution in [3.8, 4) is 11.5 Å². The van der Waals surface area contributed by atoms with Crippen molar-refractivity contribution >= 4 is 77.1 Å². The van der Waals surface area contributed by atoms with Gasteiger partial charge >= 0.3 is 0 Å². The van der Waals surface area contributed by atoms with E-state index in [1.807, 2.05) is 0 Å². The SMILES string of the molecule is C[C@@]1(O)[C@H](OCc2ccc(Cl)cc2Cl)[C@@H](COCc2ccc(Cl)cc2Cl)O[C@H]1n1cc(C#C[Si](C)(C)C)c2c(Cl)ncnc21. The first kappa shape index (κ1) is 33.5. The summed E-state index contributed by atoms with van der Waals surface area (Å²) >= 11 is 31.5. The molecule has 1 fully saturated rings. The molecule has 7 nitrogen and oxygen atoms in total. The highest BCUT2D eigenvalue weighted by Crippen LogP contribution is 2.43. The predicted molar refractivity (Wildman–Crippen MR) is 178 cm³/mol. The third-order valence-corrected chi connectivity index (χ3v) is 9.43. The van der Waals surface area contributed by atoms with Crippen LogP contribution in [0.2, 0.25) is 44.9 Å². The second-order valence-corrected chi connectivity index (χ2v) is 18.6. The Morgan fingerprint density at radius 2 is 1.61 bits per heavy atom. The van der Waals surface area contributed by atoms with E-state index in [9.17, 15) is 5.11 Å². The maximum atomic E-state index is 12.1. The number of ether oxygens (including phenoxy) is 3. The minimum absolute atomic E-state index is 0.0852. The Morgan fingerprint density at radius 1 is 0.977 bits per heavy atom. The highest BCUT2D eigenvalue weighted by atomic mass is 35.5. The second kappa shape index (κ2) is 13.5. The van der Waals surface area contributed by atoms with Crippen molar-refractivity contribution in [2.24, 2.45) is 0 Å². The summed E-state index contributed by atoms with van der Waals surface area (Å²) in [6.07, 6.45) is 0.691. The maximum Gasteiger partial charge on any atom is 0.167 e. The average molecular weight is 714 g/mol. The fourth-order valence-corrected chi connectivity index (χ4v) is 6.63. The number of hydrogen-bond acceptors (Lipinski definition) is 6. The number of benzene rings is 2. The van der Waals surface area contributed by atoms with Crippen LogP contribution in [0.4, 0.5) is 0 Å². The van der Waals surface area contributed by atoms with E-state index >= 15 is 0 Å². The molecule has 0 saturated carbocycles. The van der Waals surface area contributed by atoms with Crippen LogP contribution in [0.5, 0.6) is 0 Å². The van der Waals surface area contributed by atoms with Gasteiger partial charge in [0.2, 0.25) is 0 Å². The maximum absolute atomic E-state index is 12.1. The summed E-state index contributed by atoms with van der Waals surface area (Å²) in [6, 6.07) is 10.4. The van der Waals surface area contributed by atoms with Crippen molar-refractivity contribution in [3.63, 3.8) is 0 Å². The van der Waals surface area contributed by atoms with Crippen LogP contribution in [0.3, 0.4) is 0 Å². The zero-order valence-corrected chi connectivity index (χ0v) is 29.2. The van der Waals surface area contributed by atoms with E-state index in [1.165, 1.54) is 6.33 Å². The normalized spacial score (nSPS) is 21.9. The van der Waals surface area contributed by atoms with Gasteiger partial charge in [0.25, 0.3) is 0 Å². The molecule has 2 aromatic carbocycles. The molecular weight excluding hydrogens is 684 g/mol. The summed E-state index contributed by atoms with van der Waals surface area (Å²) in [5.74, 6) is 3.27. The molecule has 1 aliphatic heterocycles. The average Bonchev–Trinajstić information content (AvgIpc) is 3.42. The third kappa shape index (κ3) is 7.40. The predicted octanol–water partition coefficient (Wildman–Crippen LogP) is 8.38. The van der Waals surface area contributed by atoms with Gasteiger partial charge in [-0.2, -0.15) is 0 Å². The first-order valence-corrected chi connectivity index (χ1v) is 19.1. The van der Waals surface area contributed by atoms with Crippen molar-refractivity contribution in [2.45, 2.75) is 63.8 Å². The van der Waals surface area contributed by atoms with Crippen LogP contribution in [-0.2, 0) is 27.4 Å². The number of rotatable bonds is 8. The van der Waals surface area contributed by atoms with Crippen LogP contribution in [0, 0.1) is 11.5 Å². The first-order valence-electron chi connectivity index (χ1n) is 13.7. The fraction of sp³-hybridized carbons (Fsp3) is 0.355. The molecule has 5 rings (SSSR count). The Labute approximate surface area is 282 Å². The minimum atomic E-state index is -1.73.